The van der Waals surface area contributed by atoms with Crippen LogP contribution in [0.3, 0.4) is 0 Å². The van der Waals surface area contributed by atoms with Crippen molar-refractivity contribution in [2.75, 3.05) is 6.61 Å². The molecule has 178 valence electrons. The van der Waals surface area contributed by atoms with Crippen LogP contribution in [0.25, 0.3) is 0 Å². The van der Waals surface area contributed by atoms with Crippen molar-refractivity contribution in [2.45, 2.75) is 77.4 Å². The van der Waals surface area contributed by atoms with E-state index in [1.165, 1.54) is 0 Å². The number of amides is 2. The zero-order valence-corrected chi connectivity index (χ0v) is 20.8. The normalized spacial score (nSPS) is 15.2. The summed E-state index contributed by atoms with van der Waals surface area (Å²) in [6.45, 7) is 8.17. The zero-order chi connectivity index (χ0) is 24.0. The Labute approximate surface area is 202 Å². The molecule has 33 heavy (non-hydrogen) atoms. The van der Waals surface area contributed by atoms with Gasteiger partial charge in [0, 0.05) is 17.6 Å². The molecule has 1 atom stereocenters. The van der Waals surface area contributed by atoms with Gasteiger partial charge in [-0.2, -0.15) is 0 Å². The molecule has 1 saturated carbocycles. The number of nitrogens with zero attached hydrogens (tertiary/aromatic N) is 1. The summed E-state index contributed by atoms with van der Waals surface area (Å²) in [6, 6.07) is 14.7. The zero-order valence-electron chi connectivity index (χ0n) is 20.1. The fourth-order valence-electron chi connectivity index (χ4n) is 4.22. The molecule has 0 radical (unpaired) electrons. The highest BCUT2D eigenvalue weighted by Crippen LogP contribution is 2.31. The number of hydrogen-bond acceptors (Lipinski definition) is 3. The van der Waals surface area contributed by atoms with Gasteiger partial charge in [0.05, 0.1) is 0 Å². The third-order valence-corrected chi connectivity index (χ3v) is 6.58. The summed E-state index contributed by atoms with van der Waals surface area (Å²) in [7, 11) is 0. The highest BCUT2D eigenvalue weighted by molar-refractivity contribution is 6.31. The minimum absolute atomic E-state index is 0.120. The number of nitrogens with one attached hydrogen (secondary N) is 1. The minimum atomic E-state index is -0.643. The number of hydrogen-bond donors (Lipinski definition) is 1. The van der Waals surface area contributed by atoms with Gasteiger partial charge in [-0.1, -0.05) is 81.6 Å². The molecule has 0 aliphatic heterocycles. The van der Waals surface area contributed by atoms with Gasteiger partial charge in [-0.25, -0.2) is 0 Å². The number of rotatable bonds is 8. The third kappa shape index (κ3) is 6.73. The first-order chi connectivity index (χ1) is 15.7. The molecule has 1 fully saturated rings. The minimum Gasteiger partial charge on any atom is -0.483 e. The molecule has 3 rings (SSSR count). The topological polar surface area (TPSA) is 58.6 Å². The van der Waals surface area contributed by atoms with Crippen molar-refractivity contribution in [1.82, 2.24) is 10.2 Å². The molecule has 1 aliphatic rings. The van der Waals surface area contributed by atoms with Gasteiger partial charge in [0.2, 0.25) is 5.91 Å². The first-order valence-corrected chi connectivity index (χ1v) is 12.1. The highest BCUT2D eigenvalue weighted by atomic mass is 35.5. The van der Waals surface area contributed by atoms with Crippen molar-refractivity contribution < 1.29 is 14.3 Å². The average molecular weight is 471 g/mol. The van der Waals surface area contributed by atoms with E-state index in [0.717, 1.165) is 36.8 Å². The van der Waals surface area contributed by atoms with E-state index in [1.54, 1.807) is 17.9 Å². The van der Waals surface area contributed by atoms with E-state index in [0.29, 0.717) is 10.8 Å². The van der Waals surface area contributed by atoms with E-state index in [1.807, 2.05) is 42.5 Å². The maximum atomic E-state index is 13.4. The Hall–Kier alpha value is -2.53. The molecule has 0 unspecified atom stereocenters. The fraction of sp³-hybridized carbons (Fsp3) is 0.481. The Balaban J connectivity index is 1.77. The molecule has 6 heteroatoms. The van der Waals surface area contributed by atoms with Crippen LogP contribution in [0.2, 0.25) is 5.02 Å². The van der Waals surface area contributed by atoms with E-state index in [-0.39, 0.29) is 36.4 Å². The monoisotopic (exact) mass is 470 g/mol. The molecular formula is C27H35ClN2O3. The van der Waals surface area contributed by atoms with Crippen molar-refractivity contribution in [3.8, 4) is 5.75 Å². The molecule has 5 nitrogen and oxygen atoms in total. The van der Waals surface area contributed by atoms with E-state index in [4.69, 9.17) is 16.3 Å². The van der Waals surface area contributed by atoms with E-state index >= 15 is 0 Å². The van der Waals surface area contributed by atoms with Crippen LogP contribution in [-0.4, -0.2) is 35.4 Å². The second-order valence-electron chi connectivity index (χ2n) is 9.81. The SMILES string of the molecule is C[C@@H](C(=O)NC1CCCC1)N(Cc1ccccc1Cl)C(=O)COc1ccccc1C(C)(C)C. The first kappa shape index (κ1) is 25.1. The molecule has 0 bridgehead atoms. The van der Waals surface area contributed by atoms with Gasteiger partial charge in [0.25, 0.3) is 5.91 Å². The molecule has 1 aliphatic carbocycles. The van der Waals surface area contributed by atoms with Gasteiger partial charge in [-0.3, -0.25) is 9.59 Å². The van der Waals surface area contributed by atoms with Crippen LogP contribution in [-0.2, 0) is 21.5 Å². The maximum Gasteiger partial charge on any atom is 0.261 e. The van der Waals surface area contributed by atoms with E-state index in [9.17, 15) is 9.59 Å². The van der Waals surface area contributed by atoms with Gasteiger partial charge >= 0.3 is 0 Å². The Bertz CT molecular complexity index is 964. The van der Waals surface area contributed by atoms with E-state index < -0.39 is 6.04 Å². The summed E-state index contributed by atoms with van der Waals surface area (Å²) in [5.74, 6) is 0.282. The summed E-state index contributed by atoms with van der Waals surface area (Å²) in [4.78, 5) is 27.9. The summed E-state index contributed by atoms with van der Waals surface area (Å²) >= 11 is 6.37. The lowest BCUT2D eigenvalue weighted by Crippen LogP contribution is -2.50. The Morgan fingerprint density at radius 1 is 1.09 bits per heavy atom. The van der Waals surface area contributed by atoms with Crippen LogP contribution in [0.5, 0.6) is 5.75 Å². The predicted octanol–water partition coefficient (Wildman–Crippen LogP) is 5.49. The Kier molecular flexibility index (Phi) is 8.41. The largest absolute Gasteiger partial charge is 0.483 e. The van der Waals surface area contributed by atoms with Gasteiger partial charge in [-0.15, -0.1) is 0 Å². The van der Waals surface area contributed by atoms with Crippen molar-refractivity contribution in [3.05, 3.63) is 64.7 Å². The summed E-state index contributed by atoms with van der Waals surface area (Å²) < 4.78 is 5.98. The summed E-state index contributed by atoms with van der Waals surface area (Å²) in [6.07, 6.45) is 4.23. The van der Waals surface area contributed by atoms with Crippen molar-refractivity contribution >= 4 is 23.4 Å². The van der Waals surface area contributed by atoms with Gasteiger partial charge in [-0.05, 0) is 48.4 Å². The lowest BCUT2D eigenvalue weighted by atomic mass is 9.86. The maximum absolute atomic E-state index is 13.4. The predicted molar refractivity (Wildman–Crippen MR) is 132 cm³/mol. The summed E-state index contributed by atoms with van der Waals surface area (Å²) in [5.41, 5.74) is 1.70. The number of ether oxygens (including phenoxy) is 1. The van der Waals surface area contributed by atoms with Crippen LogP contribution in [0.1, 0.15) is 64.5 Å². The molecule has 1 N–H and O–H groups in total. The first-order valence-electron chi connectivity index (χ1n) is 11.7. The molecule has 0 heterocycles. The van der Waals surface area contributed by atoms with Crippen LogP contribution in [0, 0.1) is 0 Å². The quantitative estimate of drug-likeness (QED) is 0.554. The second-order valence-corrected chi connectivity index (χ2v) is 10.2. The molecular weight excluding hydrogens is 436 g/mol. The Morgan fingerprint density at radius 3 is 2.39 bits per heavy atom. The van der Waals surface area contributed by atoms with Crippen LogP contribution >= 0.6 is 11.6 Å². The molecule has 2 amide bonds. The third-order valence-electron chi connectivity index (χ3n) is 6.21. The lowest BCUT2D eigenvalue weighted by Gasteiger charge is -2.30. The van der Waals surface area contributed by atoms with E-state index in [2.05, 4.69) is 26.1 Å². The van der Waals surface area contributed by atoms with Crippen molar-refractivity contribution in [3.63, 3.8) is 0 Å². The van der Waals surface area contributed by atoms with Crippen LogP contribution < -0.4 is 10.1 Å². The number of para-hydroxylation sites is 1. The molecule has 0 saturated heterocycles. The highest BCUT2D eigenvalue weighted by Gasteiger charge is 2.29. The molecule has 2 aromatic carbocycles. The van der Waals surface area contributed by atoms with Crippen LogP contribution in [0.4, 0.5) is 0 Å². The second kappa shape index (κ2) is 11.1. The standard InChI is InChI=1S/C27H35ClN2O3/c1-19(26(32)29-21-12-6-7-13-21)30(17-20-11-5-9-15-23(20)28)25(31)18-33-24-16-10-8-14-22(24)27(2,3)4/h5,8-11,14-16,19,21H,6-7,12-13,17-18H2,1-4H3,(H,29,32)/t19-/m0/s1. The number of halogens is 1. The molecule has 2 aromatic rings. The average Bonchev–Trinajstić information content (AvgIpc) is 3.29. The molecule has 0 spiro atoms. The number of benzene rings is 2. The Morgan fingerprint density at radius 2 is 1.73 bits per heavy atom. The van der Waals surface area contributed by atoms with Crippen LogP contribution in [0.15, 0.2) is 48.5 Å². The van der Waals surface area contributed by atoms with Crippen molar-refractivity contribution in [1.29, 1.82) is 0 Å². The number of carbonyl (C=O) groups excluding carboxylic acids is 2. The molecule has 0 aromatic heterocycles. The van der Waals surface area contributed by atoms with Gasteiger partial charge in [0.15, 0.2) is 6.61 Å². The fourth-order valence-corrected chi connectivity index (χ4v) is 4.41. The van der Waals surface area contributed by atoms with Gasteiger partial charge in [0.1, 0.15) is 11.8 Å². The van der Waals surface area contributed by atoms with Gasteiger partial charge < -0.3 is 15.0 Å². The number of carbonyl (C=O) groups is 2. The summed E-state index contributed by atoms with van der Waals surface area (Å²) in [5, 5.41) is 3.68. The lowest BCUT2D eigenvalue weighted by molar-refractivity contribution is -0.142. The van der Waals surface area contributed by atoms with Crippen molar-refractivity contribution in [2.24, 2.45) is 0 Å². The smallest absolute Gasteiger partial charge is 0.261 e.